The second-order valence-electron chi connectivity index (χ2n) is 6.37. The van der Waals surface area contributed by atoms with Crippen LogP contribution in [0.4, 0.5) is 0 Å². The van der Waals surface area contributed by atoms with Crippen LogP contribution in [-0.4, -0.2) is 23.7 Å². The van der Waals surface area contributed by atoms with E-state index in [4.69, 9.17) is 0 Å². The minimum atomic E-state index is -0.423. The Labute approximate surface area is 114 Å². The van der Waals surface area contributed by atoms with Crippen molar-refractivity contribution in [2.24, 2.45) is 23.7 Å². The molecule has 0 aromatic rings. The van der Waals surface area contributed by atoms with Gasteiger partial charge in [-0.1, -0.05) is 24.3 Å². The Morgan fingerprint density at radius 1 is 1.05 bits per heavy atom. The van der Waals surface area contributed by atoms with Gasteiger partial charge in [-0.3, -0.25) is 4.79 Å². The zero-order valence-corrected chi connectivity index (χ0v) is 11.4. The van der Waals surface area contributed by atoms with Crippen molar-refractivity contribution in [1.29, 1.82) is 0 Å². The minimum Gasteiger partial charge on any atom is -0.392 e. The Hall–Kier alpha value is -1.09. The van der Waals surface area contributed by atoms with Gasteiger partial charge in [-0.2, -0.15) is 0 Å². The van der Waals surface area contributed by atoms with E-state index < -0.39 is 6.10 Å². The summed E-state index contributed by atoms with van der Waals surface area (Å²) < 4.78 is 0. The third kappa shape index (κ3) is 2.04. The van der Waals surface area contributed by atoms with Crippen LogP contribution in [0.5, 0.6) is 0 Å². The molecule has 0 bridgehead atoms. The quantitative estimate of drug-likeness (QED) is 0.710. The molecule has 3 nitrogen and oxygen atoms in total. The van der Waals surface area contributed by atoms with E-state index in [1.165, 1.54) is 5.57 Å². The van der Waals surface area contributed by atoms with Crippen molar-refractivity contribution in [3.8, 4) is 0 Å². The van der Waals surface area contributed by atoms with E-state index in [-0.39, 0.29) is 23.7 Å². The van der Waals surface area contributed by atoms with Crippen molar-refractivity contribution in [1.82, 2.24) is 5.32 Å². The lowest BCUT2D eigenvalue weighted by Crippen LogP contribution is -2.37. The molecule has 2 aliphatic carbocycles. The zero-order valence-electron chi connectivity index (χ0n) is 11.4. The summed E-state index contributed by atoms with van der Waals surface area (Å²) in [7, 11) is 0. The molecule has 3 heteroatoms. The fourth-order valence-corrected chi connectivity index (χ4v) is 4.34. The molecule has 0 aromatic heterocycles. The molecule has 0 aromatic carbocycles. The van der Waals surface area contributed by atoms with Crippen LogP contribution in [0.15, 0.2) is 24.3 Å². The maximum atomic E-state index is 11.9. The normalized spacial score (nSPS) is 43.0. The topological polar surface area (TPSA) is 49.3 Å². The lowest BCUT2D eigenvalue weighted by molar-refractivity contribution is -0.126. The summed E-state index contributed by atoms with van der Waals surface area (Å²) in [5, 5.41) is 13.7. The van der Waals surface area contributed by atoms with E-state index >= 15 is 0 Å². The van der Waals surface area contributed by atoms with E-state index in [0.29, 0.717) is 5.92 Å². The molecular weight excluding hydrogens is 238 g/mol. The minimum absolute atomic E-state index is 0.0186. The third-order valence-electron chi connectivity index (χ3n) is 5.42. The molecule has 1 aliphatic heterocycles. The molecule has 5 atom stereocenters. The largest absolute Gasteiger partial charge is 0.392 e. The van der Waals surface area contributed by atoms with E-state index in [2.05, 4.69) is 18.5 Å². The molecule has 3 aliphatic rings. The summed E-state index contributed by atoms with van der Waals surface area (Å²) in [6.07, 6.45) is 4.33. The highest BCUT2D eigenvalue weighted by Crippen LogP contribution is 2.49. The van der Waals surface area contributed by atoms with Gasteiger partial charge in [0.1, 0.15) is 0 Å². The molecule has 0 spiro atoms. The lowest BCUT2D eigenvalue weighted by atomic mass is 9.77. The van der Waals surface area contributed by atoms with Gasteiger partial charge in [-0.05, 0) is 43.9 Å². The standard InChI is InChI=1S/C16H23NO2/c1-9-3-6-12(13-7-8-17-16(13)19)15(18)14-10(2)4-5-11(9)14/h11-15,18H,1-8H2,(H,17,19)/t11-,12-,13-,14-,15-/m0/s1. The van der Waals surface area contributed by atoms with Crippen LogP contribution < -0.4 is 5.32 Å². The van der Waals surface area contributed by atoms with Crippen molar-refractivity contribution >= 4 is 5.91 Å². The van der Waals surface area contributed by atoms with Crippen molar-refractivity contribution in [3.63, 3.8) is 0 Å². The number of aliphatic hydroxyl groups excluding tert-OH is 1. The number of allylic oxidation sites excluding steroid dienone is 1. The van der Waals surface area contributed by atoms with Gasteiger partial charge in [0.15, 0.2) is 0 Å². The summed E-state index contributed by atoms with van der Waals surface area (Å²) in [6, 6.07) is 0. The maximum Gasteiger partial charge on any atom is 0.223 e. The summed E-state index contributed by atoms with van der Waals surface area (Å²) >= 11 is 0. The summed E-state index contributed by atoms with van der Waals surface area (Å²) in [5.74, 6) is 0.695. The van der Waals surface area contributed by atoms with Crippen LogP contribution in [0.2, 0.25) is 0 Å². The zero-order chi connectivity index (χ0) is 13.6. The van der Waals surface area contributed by atoms with Gasteiger partial charge in [0.25, 0.3) is 0 Å². The average molecular weight is 261 g/mol. The smallest absolute Gasteiger partial charge is 0.223 e. The SMILES string of the molecule is C=C1CC[C@H]2C(=C)CC[C@@H]([C@@H]3CCNC3=O)[C@H](O)[C@@H]12. The van der Waals surface area contributed by atoms with Gasteiger partial charge < -0.3 is 10.4 Å². The van der Waals surface area contributed by atoms with E-state index in [0.717, 1.165) is 44.2 Å². The molecule has 2 saturated carbocycles. The molecule has 1 saturated heterocycles. The van der Waals surface area contributed by atoms with E-state index in [1.807, 2.05) is 0 Å². The first-order valence-electron chi connectivity index (χ1n) is 7.40. The predicted octanol–water partition coefficient (Wildman–Crippen LogP) is 2.03. The number of aliphatic hydroxyl groups is 1. The number of nitrogens with one attached hydrogen (secondary N) is 1. The molecular formula is C16H23NO2. The molecule has 19 heavy (non-hydrogen) atoms. The molecule has 1 heterocycles. The highest BCUT2D eigenvalue weighted by molar-refractivity contribution is 5.81. The van der Waals surface area contributed by atoms with Crippen LogP contribution in [0, 0.1) is 23.7 Å². The first kappa shape index (κ1) is 12.9. The van der Waals surface area contributed by atoms with Crippen molar-refractivity contribution in [2.75, 3.05) is 6.54 Å². The number of fused-ring (bicyclic) bond motifs is 1. The predicted molar refractivity (Wildman–Crippen MR) is 74.3 cm³/mol. The fourth-order valence-electron chi connectivity index (χ4n) is 4.34. The molecule has 1 amide bonds. The highest BCUT2D eigenvalue weighted by atomic mass is 16.3. The highest BCUT2D eigenvalue weighted by Gasteiger charge is 2.46. The number of hydrogen-bond acceptors (Lipinski definition) is 2. The van der Waals surface area contributed by atoms with Crippen molar-refractivity contribution < 1.29 is 9.90 Å². The van der Waals surface area contributed by atoms with Gasteiger partial charge in [-0.25, -0.2) is 0 Å². The van der Waals surface area contributed by atoms with E-state index in [1.54, 1.807) is 0 Å². The summed E-state index contributed by atoms with van der Waals surface area (Å²) in [6.45, 7) is 9.11. The van der Waals surface area contributed by atoms with Crippen LogP contribution >= 0.6 is 0 Å². The Morgan fingerprint density at radius 2 is 1.79 bits per heavy atom. The van der Waals surface area contributed by atoms with Gasteiger partial charge in [-0.15, -0.1) is 0 Å². The van der Waals surface area contributed by atoms with Crippen LogP contribution in [0.25, 0.3) is 0 Å². The molecule has 0 unspecified atom stereocenters. The van der Waals surface area contributed by atoms with Gasteiger partial charge in [0.2, 0.25) is 5.91 Å². The van der Waals surface area contributed by atoms with Crippen LogP contribution in [0.3, 0.4) is 0 Å². The average Bonchev–Trinajstić information content (AvgIpc) is 2.93. The second-order valence-corrected chi connectivity index (χ2v) is 6.37. The molecule has 104 valence electrons. The van der Waals surface area contributed by atoms with Gasteiger partial charge >= 0.3 is 0 Å². The van der Waals surface area contributed by atoms with E-state index in [9.17, 15) is 9.90 Å². The Balaban J connectivity index is 1.88. The van der Waals surface area contributed by atoms with Gasteiger partial charge in [0.05, 0.1) is 6.10 Å². The lowest BCUT2D eigenvalue weighted by Gasteiger charge is -2.31. The monoisotopic (exact) mass is 261 g/mol. The maximum absolute atomic E-state index is 11.9. The van der Waals surface area contributed by atoms with Crippen molar-refractivity contribution in [3.05, 3.63) is 24.3 Å². The molecule has 2 N–H and O–H groups in total. The molecule has 0 radical (unpaired) electrons. The van der Waals surface area contributed by atoms with Gasteiger partial charge in [0, 0.05) is 18.4 Å². The summed E-state index contributed by atoms with van der Waals surface area (Å²) in [5.41, 5.74) is 2.41. The van der Waals surface area contributed by atoms with Crippen molar-refractivity contribution in [2.45, 2.75) is 38.2 Å². The van der Waals surface area contributed by atoms with Crippen LogP contribution in [-0.2, 0) is 4.79 Å². The second kappa shape index (κ2) is 4.78. The number of amides is 1. The number of carbonyl (C=O) groups excluding carboxylic acids is 1. The fraction of sp³-hybridized carbons (Fsp3) is 0.688. The Kier molecular flexibility index (Phi) is 3.25. The van der Waals surface area contributed by atoms with Crippen LogP contribution in [0.1, 0.15) is 32.1 Å². The molecule has 3 fully saturated rings. The summed E-state index contributed by atoms with van der Waals surface area (Å²) in [4.78, 5) is 11.9. The number of carbonyl (C=O) groups is 1. The third-order valence-corrected chi connectivity index (χ3v) is 5.42. The molecule has 3 rings (SSSR count). The number of rotatable bonds is 1. The Morgan fingerprint density at radius 3 is 2.47 bits per heavy atom. The Bertz CT molecular complexity index is 428. The first-order valence-corrected chi connectivity index (χ1v) is 7.40. The first-order chi connectivity index (χ1) is 9.09. The number of hydrogen-bond donors (Lipinski definition) is 2.